The first-order valence-electron chi connectivity index (χ1n) is 12.9. The third kappa shape index (κ3) is 5.03. The fraction of sp³-hybridized carbons (Fsp3) is 0.273. The van der Waals surface area contributed by atoms with Crippen molar-refractivity contribution in [1.29, 1.82) is 0 Å². The van der Waals surface area contributed by atoms with E-state index in [1.54, 1.807) is 23.5 Å². The summed E-state index contributed by atoms with van der Waals surface area (Å²) in [6.07, 6.45) is 10.3. The van der Waals surface area contributed by atoms with E-state index < -0.39 is 0 Å². The zero-order valence-corrected chi connectivity index (χ0v) is 23.9. The molecule has 1 aliphatic rings. The molecule has 2 heterocycles. The third-order valence-corrected chi connectivity index (χ3v) is 8.61. The van der Waals surface area contributed by atoms with E-state index in [4.69, 9.17) is 0 Å². The van der Waals surface area contributed by atoms with Crippen LogP contribution in [0.25, 0.3) is 10.4 Å². The molecule has 196 valence electrons. The van der Waals surface area contributed by atoms with Gasteiger partial charge in [0.25, 0.3) is 5.69 Å². The summed E-state index contributed by atoms with van der Waals surface area (Å²) < 4.78 is 0. The van der Waals surface area contributed by atoms with Crippen molar-refractivity contribution in [2.24, 2.45) is 0 Å². The van der Waals surface area contributed by atoms with Gasteiger partial charge in [0, 0.05) is 45.8 Å². The molecule has 1 aliphatic heterocycles. The number of hydrogen-bond acceptors (Lipinski definition) is 4. The molecule has 2 aromatic carbocycles. The predicted octanol–water partition coefficient (Wildman–Crippen LogP) is 9.28. The lowest BCUT2D eigenvalue weighted by Gasteiger charge is -2.28. The Morgan fingerprint density at radius 1 is 1.13 bits per heavy atom. The van der Waals surface area contributed by atoms with Gasteiger partial charge in [0.2, 0.25) is 0 Å². The first-order valence-corrected chi connectivity index (χ1v) is 13.8. The van der Waals surface area contributed by atoms with Crippen molar-refractivity contribution in [3.8, 4) is 10.4 Å². The summed E-state index contributed by atoms with van der Waals surface area (Å²) in [6.45, 7) is 18.2. The topological polar surface area (TPSA) is 46.4 Å². The van der Waals surface area contributed by atoms with Crippen molar-refractivity contribution in [2.75, 3.05) is 11.4 Å². The molecular formula is C33H36N2O2S. The molecule has 3 aromatic rings. The molecule has 0 N–H and O–H groups in total. The molecule has 0 saturated carbocycles. The van der Waals surface area contributed by atoms with Crippen LogP contribution in [0.2, 0.25) is 0 Å². The zero-order valence-electron chi connectivity index (χ0n) is 23.1. The maximum absolute atomic E-state index is 11.3. The van der Waals surface area contributed by atoms with Crippen molar-refractivity contribution in [2.45, 2.75) is 52.4 Å². The number of thiophene rings is 1. The van der Waals surface area contributed by atoms with Gasteiger partial charge in [-0.2, -0.15) is 0 Å². The highest BCUT2D eigenvalue weighted by Crippen LogP contribution is 2.48. The Balaban J connectivity index is 1.54. The van der Waals surface area contributed by atoms with E-state index in [2.05, 4.69) is 101 Å². The summed E-state index contributed by atoms with van der Waals surface area (Å²) >= 11 is 1.75. The Kier molecular flexibility index (Phi) is 7.61. The highest BCUT2D eigenvalue weighted by atomic mass is 32.1. The van der Waals surface area contributed by atoms with E-state index >= 15 is 0 Å². The van der Waals surface area contributed by atoms with Gasteiger partial charge < -0.3 is 4.90 Å². The van der Waals surface area contributed by atoms with E-state index in [0.717, 1.165) is 29.1 Å². The van der Waals surface area contributed by atoms with E-state index in [-0.39, 0.29) is 21.4 Å². The number of rotatable bonds is 8. The van der Waals surface area contributed by atoms with Crippen LogP contribution in [-0.4, -0.2) is 11.5 Å². The third-order valence-electron chi connectivity index (χ3n) is 7.70. The standard InChI is InChI=1S/C33H36N2O2S/c1-8-34-29-19-18-26(35(36)37)22-28(29)33(6,7)31(34)15-11-9-10-13-24(3)32(4,5)27-21-25(17-16-23(27)2)30-14-12-20-38-30/h9-22H,3,8H2,1-2,4-7H3/b11-9+,13-10+,31-15+. The Morgan fingerprint density at radius 2 is 1.89 bits per heavy atom. The van der Waals surface area contributed by atoms with Crippen LogP contribution in [0.3, 0.4) is 0 Å². The molecule has 4 nitrogen and oxygen atoms in total. The van der Waals surface area contributed by atoms with Crippen molar-refractivity contribution >= 4 is 22.7 Å². The van der Waals surface area contributed by atoms with E-state index in [1.165, 1.54) is 21.6 Å². The lowest BCUT2D eigenvalue weighted by molar-refractivity contribution is -0.384. The number of benzene rings is 2. The summed E-state index contributed by atoms with van der Waals surface area (Å²) in [5, 5.41) is 13.5. The van der Waals surface area contributed by atoms with Crippen LogP contribution >= 0.6 is 11.3 Å². The van der Waals surface area contributed by atoms with Crippen LogP contribution in [0.4, 0.5) is 11.4 Å². The van der Waals surface area contributed by atoms with Gasteiger partial charge in [-0.15, -0.1) is 11.3 Å². The van der Waals surface area contributed by atoms with Crippen molar-refractivity contribution in [3.05, 3.63) is 129 Å². The smallest absolute Gasteiger partial charge is 0.269 e. The molecule has 38 heavy (non-hydrogen) atoms. The minimum Gasteiger partial charge on any atom is -0.344 e. The first kappa shape index (κ1) is 27.3. The van der Waals surface area contributed by atoms with Gasteiger partial charge in [0.15, 0.2) is 0 Å². The maximum atomic E-state index is 11.3. The van der Waals surface area contributed by atoms with Crippen LogP contribution in [-0.2, 0) is 10.8 Å². The summed E-state index contributed by atoms with van der Waals surface area (Å²) in [5.41, 5.74) is 7.54. The summed E-state index contributed by atoms with van der Waals surface area (Å²) in [6, 6.07) is 16.1. The summed E-state index contributed by atoms with van der Waals surface area (Å²) in [5.74, 6) is 0. The number of fused-ring (bicyclic) bond motifs is 1. The van der Waals surface area contributed by atoms with Crippen LogP contribution in [0, 0.1) is 17.0 Å². The van der Waals surface area contributed by atoms with Gasteiger partial charge in [-0.05, 0) is 71.3 Å². The molecule has 0 saturated heterocycles. The molecule has 0 amide bonds. The number of anilines is 1. The second-order valence-electron chi connectivity index (χ2n) is 10.8. The number of hydrogen-bond donors (Lipinski definition) is 0. The van der Waals surface area contributed by atoms with Crippen molar-refractivity contribution in [3.63, 3.8) is 0 Å². The second-order valence-corrected chi connectivity index (χ2v) is 11.7. The zero-order chi connectivity index (χ0) is 27.7. The fourth-order valence-electron chi connectivity index (χ4n) is 5.27. The Labute approximate surface area is 230 Å². The average Bonchev–Trinajstić information content (AvgIpc) is 3.49. The molecule has 5 heteroatoms. The molecule has 0 aliphatic carbocycles. The van der Waals surface area contributed by atoms with Crippen LogP contribution in [0.1, 0.15) is 51.3 Å². The van der Waals surface area contributed by atoms with Gasteiger partial charge in [0.1, 0.15) is 0 Å². The minimum absolute atomic E-state index is 0.130. The largest absolute Gasteiger partial charge is 0.344 e. The molecule has 0 fully saturated rings. The number of nitro benzene ring substituents is 1. The highest BCUT2D eigenvalue weighted by molar-refractivity contribution is 7.13. The number of likely N-dealkylation sites (N-methyl/N-ethyl adjacent to an activating group) is 1. The number of allylic oxidation sites excluding steroid dienone is 7. The predicted molar refractivity (Wildman–Crippen MR) is 162 cm³/mol. The fourth-order valence-corrected chi connectivity index (χ4v) is 6.00. The van der Waals surface area contributed by atoms with Crippen molar-refractivity contribution < 1.29 is 4.92 Å². The monoisotopic (exact) mass is 524 g/mol. The van der Waals surface area contributed by atoms with Crippen LogP contribution in [0.15, 0.2) is 102 Å². The van der Waals surface area contributed by atoms with Gasteiger partial charge in [-0.3, -0.25) is 10.1 Å². The Hall–Kier alpha value is -3.70. The number of non-ortho nitro benzene ring substituents is 1. The lowest BCUT2D eigenvalue weighted by atomic mass is 9.75. The Bertz CT molecular complexity index is 1460. The van der Waals surface area contributed by atoms with Gasteiger partial charge in [-0.1, -0.05) is 76.8 Å². The molecule has 0 unspecified atom stereocenters. The molecule has 0 radical (unpaired) electrons. The van der Waals surface area contributed by atoms with E-state index in [9.17, 15) is 10.1 Å². The highest BCUT2D eigenvalue weighted by Gasteiger charge is 2.40. The maximum Gasteiger partial charge on any atom is 0.269 e. The SMILES string of the molecule is C=C(/C=C/C=C/C=C1/N(CC)c2ccc([N+](=O)[O-])cc2C1(C)C)C(C)(C)c1cc(-c2cccs2)ccc1C. The molecule has 4 rings (SSSR count). The summed E-state index contributed by atoms with van der Waals surface area (Å²) in [7, 11) is 0. The molecule has 1 aromatic heterocycles. The van der Waals surface area contributed by atoms with Crippen LogP contribution in [0.5, 0.6) is 0 Å². The molecule has 0 atom stereocenters. The number of nitro groups is 1. The second kappa shape index (κ2) is 10.6. The average molecular weight is 525 g/mol. The molecule has 0 bridgehead atoms. The quantitative estimate of drug-likeness (QED) is 0.168. The normalized spacial score (nSPS) is 16.1. The Morgan fingerprint density at radius 3 is 2.55 bits per heavy atom. The molecule has 0 spiro atoms. The minimum atomic E-state index is -0.331. The number of nitrogens with zero attached hydrogens (tertiary/aromatic N) is 2. The van der Waals surface area contributed by atoms with E-state index in [0.29, 0.717) is 0 Å². The van der Waals surface area contributed by atoms with E-state index in [1.807, 2.05) is 24.3 Å². The lowest BCUT2D eigenvalue weighted by Crippen LogP contribution is -2.25. The van der Waals surface area contributed by atoms with Crippen molar-refractivity contribution in [1.82, 2.24) is 0 Å². The molecular weight excluding hydrogens is 488 g/mol. The van der Waals surface area contributed by atoms with Crippen LogP contribution < -0.4 is 4.90 Å². The summed E-state index contributed by atoms with van der Waals surface area (Å²) in [4.78, 5) is 14.5. The first-order chi connectivity index (χ1) is 18.0. The van der Waals surface area contributed by atoms with Gasteiger partial charge in [0.05, 0.1) is 4.92 Å². The van der Waals surface area contributed by atoms with Gasteiger partial charge in [-0.25, -0.2) is 0 Å². The van der Waals surface area contributed by atoms with Gasteiger partial charge >= 0.3 is 0 Å². The number of aryl methyl sites for hydroxylation is 1.